The summed E-state index contributed by atoms with van der Waals surface area (Å²) in [5.41, 5.74) is 0.0935. The van der Waals surface area contributed by atoms with Crippen LogP contribution in [0.3, 0.4) is 0 Å². The second-order valence-corrected chi connectivity index (χ2v) is 6.93. The Morgan fingerprint density at radius 1 is 1.50 bits per heavy atom. The van der Waals surface area contributed by atoms with Crippen LogP contribution in [0, 0.1) is 11.3 Å². The molecule has 1 aliphatic heterocycles. The van der Waals surface area contributed by atoms with Crippen molar-refractivity contribution in [2.45, 2.75) is 24.1 Å². The summed E-state index contributed by atoms with van der Waals surface area (Å²) >= 11 is 1.26. The van der Waals surface area contributed by atoms with Crippen LogP contribution in [-0.2, 0) is 9.53 Å². The number of hydrogen-bond donors (Lipinski definition) is 2. The predicted molar refractivity (Wildman–Crippen MR) is 104 cm³/mol. The smallest absolute Gasteiger partial charge is 0.270 e. The highest BCUT2D eigenvalue weighted by Crippen LogP contribution is 2.30. The van der Waals surface area contributed by atoms with Crippen molar-refractivity contribution >= 4 is 17.7 Å². The van der Waals surface area contributed by atoms with Crippen molar-refractivity contribution in [2.24, 2.45) is 0 Å². The Bertz CT molecular complexity index is 948. The molecule has 9 heteroatoms. The van der Waals surface area contributed by atoms with Gasteiger partial charge in [-0.1, -0.05) is 23.9 Å². The number of rotatable bonds is 7. The Kier molecular flexibility index (Phi) is 6.68. The lowest BCUT2D eigenvalue weighted by Crippen LogP contribution is -2.35. The van der Waals surface area contributed by atoms with Crippen molar-refractivity contribution in [1.82, 2.24) is 15.3 Å². The number of thioether (sulfide) groups is 1. The molecule has 2 N–H and O–H groups in total. The van der Waals surface area contributed by atoms with Crippen molar-refractivity contribution in [3.05, 3.63) is 40.2 Å². The zero-order valence-corrected chi connectivity index (χ0v) is 16.2. The molecule has 0 spiro atoms. The summed E-state index contributed by atoms with van der Waals surface area (Å²) in [7, 11) is 0. The van der Waals surface area contributed by atoms with Gasteiger partial charge in [-0.15, -0.1) is 0 Å². The molecule has 8 nitrogen and oxygen atoms in total. The minimum atomic E-state index is -0.513. The van der Waals surface area contributed by atoms with Crippen molar-refractivity contribution in [1.29, 1.82) is 5.26 Å². The number of H-pyrrole nitrogens is 1. The van der Waals surface area contributed by atoms with Crippen LogP contribution in [0.15, 0.2) is 34.2 Å². The fourth-order valence-electron chi connectivity index (χ4n) is 2.86. The van der Waals surface area contributed by atoms with Crippen LogP contribution in [0.5, 0.6) is 5.75 Å². The molecular formula is C19H20N4O4S. The van der Waals surface area contributed by atoms with Crippen molar-refractivity contribution < 1.29 is 14.3 Å². The summed E-state index contributed by atoms with van der Waals surface area (Å²) in [6.45, 7) is 0.992. The first kappa shape index (κ1) is 19.9. The topological polar surface area (TPSA) is 117 Å². The number of carbonyl (C=O) groups is 1. The Balaban J connectivity index is 1.77. The lowest BCUT2D eigenvalue weighted by Gasteiger charge is -2.14. The van der Waals surface area contributed by atoms with Gasteiger partial charge in [-0.3, -0.25) is 9.59 Å². The molecule has 1 unspecified atom stereocenters. The fraction of sp³-hybridized carbons (Fsp3) is 0.368. The Morgan fingerprint density at radius 3 is 3.04 bits per heavy atom. The molecule has 146 valence electrons. The summed E-state index contributed by atoms with van der Waals surface area (Å²) in [4.78, 5) is 31.2. The maximum atomic E-state index is 12.2. The molecular weight excluding hydrogens is 380 g/mol. The van der Waals surface area contributed by atoms with E-state index >= 15 is 0 Å². The number of para-hydroxylation sites is 1. The predicted octanol–water partition coefficient (Wildman–Crippen LogP) is 1.70. The van der Waals surface area contributed by atoms with E-state index in [2.05, 4.69) is 15.3 Å². The summed E-state index contributed by atoms with van der Waals surface area (Å²) in [6.07, 6.45) is 3.77. The van der Waals surface area contributed by atoms with Crippen molar-refractivity contribution in [3.63, 3.8) is 0 Å². The zero-order chi connectivity index (χ0) is 19.9. The largest absolute Gasteiger partial charge is 0.483 e. The fourth-order valence-corrected chi connectivity index (χ4v) is 3.24. The number of carbonyl (C=O) groups excluding carboxylic acids is 1. The molecule has 3 rings (SSSR count). The average Bonchev–Trinajstić information content (AvgIpc) is 3.24. The minimum absolute atomic E-state index is 0.0552. The molecule has 0 bridgehead atoms. The van der Waals surface area contributed by atoms with Crippen LogP contribution < -0.4 is 15.6 Å². The van der Waals surface area contributed by atoms with E-state index < -0.39 is 5.56 Å². The Labute approximate surface area is 166 Å². The van der Waals surface area contributed by atoms with E-state index in [-0.39, 0.29) is 29.9 Å². The second-order valence-electron chi connectivity index (χ2n) is 6.13. The zero-order valence-electron chi connectivity index (χ0n) is 15.4. The van der Waals surface area contributed by atoms with Gasteiger partial charge in [-0.05, 0) is 31.2 Å². The average molecular weight is 400 g/mol. The van der Waals surface area contributed by atoms with E-state index in [0.717, 1.165) is 19.4 Å². The number of aromatic amines is 1. The third kappa shape index (κ3) is 4.71. The monoisotopic (exact) mass is 400 g/mol. The van der Waals surface area contributed by atoms with E-state index in [0.29, 0.717) is 23.0 Å². The highest BCUT2D eigenvalue weighted by Gasteiger charge is 2.19. The van der Waals surface area contributed by atoms with E-state index in [1.54, 1.807) is 30.5 Å². The number of hydrogen-bond acceptors (Lipinski definition) is 7. The number of benzene rings is 1. The first-order chi connectivity index (χ1) is 13.6. The summed E-state index contributed by atoms with van der Waals surface area (Å²) in [5.74, 6) is 0.103. The van der Waals surface area contributed by atoms with Gasteiger partial charge < -0.3 is 19.8 Å². The molecule has 0 aliphatic carbocycles. The SMILES string of the molecule is CSc1nc(-c2ccccc2OCC(=O)NCC2CCCO2)c(C#N)c(=O)[nH]1. The molecule has 2 aromatic rings. The molecule has 1 aromatic carbocycles. The Morgan fingerprint density at radius 2 is 2.32 bits per heavy atom. The van der Waals surface area contributed by atoms with Gasteiger partial charge in [-0.2, -0.15) is 5.26 Å². The van der Waals surface area contributed by atoms with Crippen LogP contribution in [0.1, 0.15) is 18.4 Å². The van der Waals surface area contributed by atoms with Crippen LogP contribution in [0.4, 0.5) is 0 Å². The minimum Gasteiger partial charge on any atom is -0.483 e. The standard InChI is InChI=1S/C19H20N4O4S/c1-28-19-22-17(14(9-20)18(25)23-19)13-6-2-3-7-15(13)27-11-16(24)21-10-12-5-4-8-26-12/h2-3,6-7,12H,4-5,8,10-11H2,1H3,(H,21,24)(H,22,23,25). The maximum Gasteiger partial charge on any atom is 0.270 e. The number of nitrogens with one attached hydrogen (secondary N) is 2. The summed E-state index contributed by atoms with van der Waals surface area (Å²) in [6, 6.07) is 8.77. The number of amides is 1. The van der Waals surface area contributed by atoms with Crippen LogP contribution in [-0.4, -0.2) is 48.0 Å². The quantitative estimate of drug-likeness (QED) is 0.537. The van der Waals surface area contributed by atoms with Crippen molar-refractivity contribution in [2.75, 3.05) is 26.0 Å². The molecule has 1 atom stereocenters. The van der Waals surface area contributed by atoms with Gasteiger partial charge in [0.25, 0.3) is 11.5 Å². The molecule has 0 saturated carbocycles. The van der Waals surface area contributed by atoms with Gasteiger partial charge in [0, 0.05) is 18.7 Å². The van der Waals surface area contributed by atoms with E-state index in [9.17, 15) is 14.9 Å². The Hall–Kier alpha value is -2.83. The molecule has 1 saturated heterocycles. The highest BCUT2D eigenvalue weighted by atomic mass is 32.2. The molecule has 1 amide bonds. The van der Waals surface area contributed by atoms with E-state index in [1.807, 2.05) is 6.07 Å². The number of nitriles is 1. The maximum absolute atomic E-state index is 12.2. The third-order valence-electron chi connectivity index (χ3n) is 4.25. The molecule has 1 aliphatic rings. The molecule has 0 radical (unpaired) electrons. The normalized spacial score (nSPS) is 15.8. The van der Waals surface area contributed by atoms with Gasteiger partial charge in [0.1, 0.15) is 23.1 Å². The van der Waals surface area contributed by atoms with Gasteiger partial charge in [-0.25, -0.2) is 4.98 Å². The summed E-state index contributed by atoms with van der Waals surface area (Å²) < 4.78 is 11.1. The summed E-state index contributed by atoms with van der Waals surface area (Å²) in [5, 5.41) is 12.6. The molecule has 2 heterocycles. The van der Waals surface area contributed by atoms with E-state index in [4.69, 9.17) is 9.47 Å². The number of nitrogens with zero attached hydrogens (tertiary/aromatic N) is 2. The first-order valence-corrected chi connectivity index (χ1v) is 10.0. The second kappa shape index (κ2) is 9.39. The van der Waals surface area contributed by atoms with Gasteiger partial charge >= 0.3 is 0 Å². The van der Waals surface area contributed by atoms with Crippen LogP contribution in [0.2, 0.25) is 0 Å². The van der Waals surface area contributed by atoms with Gasteiger partial charge in [0.2, 0.25) is 0 Å². The third-order valence-corrected chi connectivity index (χ3v) is 4.83. The highest BCUT2D eigenvalue weighted by molar-refractivity contribution is 7.98. The molecule has 1 fully saturated rings. The molecule has 1 aromatic heterocycles. The van der Waals surface area contributed by atoms with Crippen LogP contribution in [0.25, 0.3) is 11.3 Å². The lowest BCUT2D eigenvalue weighted by molar-refractivity contribution is -0.123. The number of aromatic nitrogens is 2. The van der Waals surface area contributed by atoms with Crippen molar-refractivity contribution in [3.8, 4) is 23.1 Å². The first-order valence-electron chi connectivity index (χ1n) is 8.81. The number of ether oxygens (including phenoxy) is 2. The van der Waals surface area contributed by atoms with Gasteiger partial charge in [0.15, 0.2) is 11.8 Å². The van der Waals surface area contributed by atoms with Crippen LogP contribution >= 0.6 is 11.8 Å². The lowest BCUT2D eigenvalue weighted by atomic mass is 10.1. The van der Waals surface area contributed by atoms with Gasteiger partial charge in [0.05, 0.1) is 6.10 Å². The van der Waals surface area contributed by atoms with E-state index in [1.165, 1.54) is 11.8 Å². The molecule has 28 heavy (non-hydrogen) atoms.